The van der Waals surface area contributed by atoms with Crippen LogP contribution >= 0.6 is 24.8 Å². The van der Waals surface area contributed by atoms with Gasteiger partial charge in [0.15, 0.2) is 0 Å². The largest absolute Gasteiger partial charge is 0.497 e. The Kier molecular flexibility index (Phi) is 9.36. The third-order valence-corrected chi connectivity index (χ3v) is 4.30. The molecule has 0 N–H and O–H groups in total. The van der Waals surface area contributed by atoms with Crippen LogP contribution in [-0.2, 0) is 6.54 Å². The van der Waals surface area contributed by atoms with Crippen LogP contribution in [0.5, 0.6) is 5.75 Å². The molecule has 0 fully saturated rings. The number of benzene rings is 2. The van der Waals surface area contributed by atoms with Crippen LogP contribution in [0.2, 0.25) is 0 Å². The Labute approximate surface area is 174 Å². The van der Waals surface area contributed by atoms with Crippen molar-refractivity contribution in [1.82, 2.24) is 9.88 Å². The molecule has 0 unspecified atom stereocenters. The molecule has 0 amide bonds. The molecule has 4 nitrogen and oxygen atoms in total. The minimum absolute atomic E-state index is 0. The first-order chi connectivity index (χ1) is 12.2. The number of hydrogen-bond acceptors (Lipinski definition) is 4. The molecule has 3 aromatic rings. The number of likely N-dealkylation sites (N-methyl/N-ethyl adjacent to an activating group) is 1. The summed E-state index contributed by atoms with van der Waals surface area (Å²) in [5.41, 5.74) is 3.48. The Hall–Kier alpha value is -2.01. The number of aromatic nitrogens is 1. The van der Waals surface area contributed by atoms with Gasteiger partial charge in [-0.1, -0.05) is 30.3 Å². The van der Waals surface area contributed by atoms with Gasteiger partial charge in [0.05, 0.1) is 12.6 Å². The third-order valence-electron chi connectivity index (χ3n) is 4.30. The second-order valence-corrected chi connectivity index (χ2v) is 6.42. The number of nitrogens with zero attached hydrogens (tertiary/aromatic N) is 3. The lowest BCUT2D eigenvalue weighted by Crippen LogP contribution is -2.31. The Morgan fingerprint density at radius 1 is 0.926 bits per heavy atom. The van der Waals surface area contributed by atoms with E-state index in [0.29, 0.717) is 0 Å². The number of pyridine rings is 1. The van der Waals surface area contributed by atoms with Crippen LogP contribution in [-0.4, -0.2) is 44.2 Å². The zero-order valence-corrected chi connectivity index (χ0v) is 17.6. The highest BCUT2D eigenvalue weighted by molar-refractivity contribution is 5.92. The topological polar surface area (TPSA) is 28.6 Å². The van der Waals surface area contributed by atoms with Crippen LogP contribution in [0.4, 0.5) is 5.69 Å². The zero-order valence-electron chi connectivity index (χ0n) is 16.0. The first kappa shape index (κ1) is 23.0. The molecule has 2 aromatic carbocycles. The highest BCUT2D eigenvalue weighted by atomic mass is 35.5. The van der Waals surface area contributed by atoms with Crippen molar-refractivity contribution < 1.29 is 4.74 Å². The molecule has 0 atom stereocenters. The molecule has 146 valence electrons. The second-order valence-electron chi connectivity index (χ2n) is 6.42. The average Bonchev–Trinajstić information content (AvgIpc) is 2.65. The molecule has 0 saturated carbocycles. The lowest BCUT2D eigenvalue weighted by molar-refractivity contribution is 0.412. The standard InChI is InChI=1S/C21H25N3O.2ClH/c1-23(2)13-14-24(16-17-7-5-4-6-8-17)21-11-12-22-20-10-9-18(25-3)15-19(20)21;;/h4-12,15H,13-14,16H2,1-3H3;2*1H. The van der Waals surface area contributed by atoms with Crippen molar-refractivity contribution in [3.05, 3.63) is 66.4 Å². The van der Waals surface area contributed by atoms with E-state index in [1.54, 1.807) is 7.11 Å². The summed E-state index contributed by atoms with van der Waals surface area (Å²) in [4.78, 5) is 9.14. The van der Waals surface area contributed by atoms with Gasteiger partial charge in [-0.2, -0.15) is 0 Å². The summed E-state index contributed by atoms with van der Waals surface area (Å²) in [6, 6.07) is 18.7. The Morgan fingerprint density at radius 2 is 1.67 bits per heavy atom. The second kappa shape index (κ2) is 11.0. The lowest BCUT2D eigenvalue weighted by Gasteiger charge is -2.27. The maximum Gasteiger partial charge on any atom is 0.119 e. The predicted octanol–water partition coefficient (Wildman–Crippen LogP) is 4.66. The molecule has 0 saturated heterocycles. The van der Waals surface area contributed by atoms with E-state index in [2.05, 4.69) is 71.3 Å². The van der Waals surface area contributed by atoms with Gasteiger partial charge in [-0.05, 0) is 43.9 Å². The number of hydrogen-bond donors (Lipinski definition) is 0. The normalized spacial score (nSPS) is 10.2. The SMILES string of the molecule is COc1ccc2nccc(N(CCN(C)C)Cc3ccccc3)c2c1.Cl.Cl. The van der Waals surface area contributed by atoms with Crippen molar-refractivity contribution in [2.45, 2.75) is 6.54 Å². The van der Waals surface area contributed by atoms with E-state index < -0.39 is 0 Å². The minimum Gasteiger partial charge on any atom is -0.497 e. The summed E-state index contributed by atoms with van der Waals surface area (Å²) < 4.78 is 5.42. The van der Waals surface area contributed by atoms with Gasteiger partial charge in [0.2, 0.25) is 0 Å². The fourth-order valence-electron chi connectivity index (χ4n) is 2.92. The predicted molar refractivity (Wildman–Crippen MR) is 119 cm³/mol. The molecule has 0 aliphatic carbocycles. The first-order valence-electron chi connectivity index (χ1n) is 8.54. The smallest absolute Gasteiger partial charge is 0.119 e. The minimum atomic E-state index is 0. The third kappa shape index (κ3) is 5.99. The first-order valence-corrected chi connectivity index (χ1v) is 8.54. The van der Waals surface area contributed by atoms with Crippen LogP contribution in [0.1, 0.15) is 5.56 Å². The molecule has 3 rings (SSSR count). The van der Waals surface area contributed by atoms with Crippen molar-refractivity contribution in [1.29, 1.82) is 0 Å². The highest BCUT2D eigenvalue weighted by Gasteiger charge is 2.12. The van der Waals surface area contributed by atoms with Gasteiger partial charge in [0, 0.05) is 36.9 Å². The van der Waals surface area contributed by atoms with Crippen LogP contribution in [0.25, 0.3) is 10.9 Å². The summed E-state index contributed by atoms with van der Waals surface area (Å²) in [5, 5.41) is 1.12. The Bertz CT molecular complexity index is 828. The summed E-state index contributed by atoms with van der Waals surface area (Å²) in [6.45, 7) is 2.80. The van der Waals surface area contributed by atoms with Gasteiger partial charge >= 0.3 is 0 Å². The molecule has 0 radical (unpaired) electrons. The monoisotopic (exact) mass is 407 g/mol. The van der Waals surface area contributed by atoms with Gasteiger partial charge in [-0.25, -0.2) is 0 Å². The van der Waals surface area contributed by atoms with E-state index in [-0.39, 0.29) is 24.8 Å². The number of halogens is 2. The molecule has 1 heterocycles. The molecule has 0 aliphatic rings. The Morgan fingerprint density at radius 3 is 2.33 bits per heavy atom. The van der Waals surface area contributed by atoms with Crippen LogP contribution < -0.4 is 9.64 Å². The summed E-state index contributed by atoms with van der Waals surface area (Å²) in [6.07, 6.45) is 1.89. The van der Waals surface area contributed by atoms with Crippen molar-refractivity contribution >= 4 is 41.4 Å². The maximum atomic E-state index is 5.42. The van der Waals surface area contributed by atoms with E-state index in [9.17, 15) is 0 Å². The molecule has 1 aromatic heterocycles. The van der Waals surface area contributed by atoms with Gasteiger partial charge in [0.25, 0.3) is 0 Å². The summed E-state index contributed by atoms with van der Waals surface area (Å²) in [7, 11) is 5.91. The van der Waals surface area contributed by atoms with Crippen molar-refractivity contribution in [3.8, 4) is 5.75 Å². The molecular weight excluding hydrogens is 381 g/mol. The number of ether oxygens (including phenoxy) is 1. The number of fused-ring (bicyclic) bond motifs is 1. The van der Waals surface area contributed by atoms with Crippen molar-refractivity contribution in [2.24, 2.45) is 0 Å². The van der Waals surface area contributed by atoms with E-state index in [1.807, 2.05) is 18.3 Å². The maximum absolute atomic E-state index is 5.42. The van der Waals surface area contributed by atoms with Gasteiger partial charge in [-0.15, -0.1) is 24.8 Å². The highest BCUT2D eigenvalue weighted by Crippen LogP contribution is 2.29. The van der Waals surface area contributed by atoms with Gasteiger partial charge in [-0.3, -0.25) is 4.98 Å². The van der Waals surface area contributed by atoms with Crippen LogP contribution in [0.3, 0.4) is 0 Å². The van der Waals surface area contributed by atoms with Gasteiger partial charge in [0.1, 0.15) is 5.75 Å². The molecule has 0 spiro atoms. The average molecular weight is 408 g/mol. The zero-order chi connectivity index (χ0) is 17.6. The molecule has 27 heavy (non-hydrogen) atoms. The Balaban J connectivity index is 0.00000182. The summed E-state index contributed by atoms with van der Waals surface area (Å²) >= 11 is 0. The van der Waals surface area contributed by atoms with Crippen LogP contribution in [0, 0.1) is 0 Å². The van der Waals surface area contributed by atoms with E-state index in [1.165, 1.54) is 11.3 Å². The van der Waals surface area contributed by atoms with Crippen LogP contribution in [0.15, 0.2) is 60.8 Å². The quantitative estimate of drug-likeness (QED) is 0.569. The summed E-state index contributed by atoms with van der Waals surface area (Å²) in [5.74, 6) is 0.856. The van der Waals surface area contributed by atoms with E-state index in [4.69, 9.17) is 4.74 Å². The molecule has 6 heteroatoms. The number of rotatable bonds is 7. The number of methoxy groups -OCH3 is 1. The molecule has 0 aliphatic heterocycles. The van der Waals surface area contributed by atoms with Gasteiger partial charge < -0.3 is 14.5 Å². The molecule has 0 bridgehead atoms. The van der Waals surface area contributed by atoms with E-state index >= 15 is 0 Å². The van der Waals surface area contributed by atoms with Crippen molar-refractivity contribution in [3.63, 3.8) is 0 Å². The van der Waals surface area contributed by atoms with Crippen molar-refractivity contribution in [2.75, 3.05) is 39.2 Å². The van der Waals surface area contributed by atoms with E-state index in [0.717, 1.165) is 36.3 Å². The fourth-order valence-corrected chi connectivity index (χ4v) is 2.92. The lowest BCUT2D eigenvalue weighted by atomic mass is 10.1. The molecular formula is C21H27Cl2N3O. The number of anilines is 1. The fraction of sp³-hybridized carbons (Fsp3) is 0.286.